The number of benzene rings is 2. The average molecular weight is 370 g/mol. The second kappa shape index (κ2) is 7.78. The summed E-state index contributed by atoms with van der Waals surface area (Å²) in [7, 11) is 4.79. The van der Waals surface area contributed by atoms with Crippen molar-refractivity contribution >= 4 is 11.6 Å². The van der Waals surface area contributed by atoms with E-state index in [4.69, 9.17) is 14.2 Å². The molecule has 1 amide bonds. The van der Waals surface area contributed by atoms with Crippen LogP contribution in [-0.2, 0) is 0 Å². The Balaban J connectivity index is 2.17. The Kier molecular flexibility index (Phi) is 5.44. The van der Waals surface area contributed by atoms with Gasteiger partial charge >= 0.3 is 0 Å². The van der Waals surface area contributed by atoms with E-state index in [1.165, 1.54) is 0 Å². The standard InChI is InChI=1S/C21H26N2O4/c1-6-13(2)23-20(22-16-10-8-7-9-14(16)21(23)24)15-11-18(26-4)19(27-5)12-17(15)25-3/h7-13,20,22H,6H2,1-5H3/t13-,20-/m0/s1. The number of anilines is 1. The molecule has 6 nitrogen and oxygen atoms in total. The van der Waals surface area contributed by atoms with Gasteiger partial charge in [0, 0.05) is 23.4 Å². The summed E-state index contributed by atoms with van der Waals surface area (Å²) in [5, 5.41) is 3.50. The fourth-order valence-electron chi connectivity index (χ4n) is 3.41. The fraction of sp³-hybridized carbons (Fsp3) is 0.381. The van der Waals surface area contributed by atoms with Crippen molar-refractivity contribution in [1.82, 2.24) is 4.90 Å². The molecule has 0 aromatic heterocycles. The Bertz CT molecular complexity index is 837. The van der Waals surface area contributed by atoms with E-state index in [0.717, 1.165) is 17.7 Å². The molecule has 0 bridgehead atoms. The third kappa shape index (κ3) is 3.27. The zero-order valence-corrected chi connectivity index (χ0v) is 16.4. The van der Waals surface area contributed by atoms with E-state index < -0.39 is 0 Å². The van der Waals surface area contributed by atoms with E-state index in [1.54, 1.807) is 27.4 Å². The molecule has 1 aliphatic heterocycles. The summed E-state index contributed by atoms with van der Waals surface area (Å²) in [6, 6.07) is 11.3. The molecule has 0 radical (unpaired) electrons. The highest BCUT2D eigenvalue weighted by molar-refractivity contribution is 6.02. The van der Waals surface area contributed by atoms with Crippen molar-refractivity contribution in [1.29, 1.82) is 0 Å². The van der Waals surface area contributed by atoms with E-state index in [2.05, 4.69) is 12.2 Å². The summed E-state index contributed by atoms with van der Waals surface area (Å²) in [6.45, 7) is 4.12. The molecule has 2 aromatic carbocycles. The van der Waals surface area contributed by atoms with Gasteiger partial charge in [0.25, 0.3) is 5.91 Å². The Morgan fingerprint density at radius 1 is 1.04 bits per heavy atom. The summed E-state index contributed by atoms with van der Waals surface area (Å²) >= 11 is 0. The van der Waals surface area contributed by atoms with Gasteiger partial charge in [-0.05, 0) is 31.5 Å². The Hall–Kier alpha value is -2.89. The molecule has 0 unspecified atom stereocenters. The minimum absolute atomic E-state index is 0.000498. The maximum absolute atomic E-state index is 13.3. The van der Waals surface area contributed by atoms with Crippen LogP contribution >= 0.6 is 0 Å². The van der Waals surface area contributed by atoms with Gasteiger partial charge in [0.1, 0.15) is 11.9 Å². The van der Waals surface area contributed by atoms with Crippen LogP contribution in [0.4, 0.5) is 5.69 Å². The second-order valence-electron chi connectivity index (χ2n) is 6.51. The number of rotatable bonds is 6. The van der Waals surface area contributed by atoms with Crippen molar-refractivity contribution in [2.75, 3.05) is 26.6 Å². The zero-order chi connectivity index (χ0) is 19.6. The number of para-hydroxylation sites is 1. The van der Waals surface area contributed by atoms with Gasteiger partial charge in [0.2, 0.25) is 0 Å². The smallest absolute Gasteiger partial charge is 0.258 e. The lowest BCUT2D eigenvalue weighted by Gasteiger charge is -2.42. The number of carbonyl (C=O) groups excluding carboxylic acids is 1. The van der Waals surface area contributed by atoms with Crippen LogP contribution in [-0.4, -0.2) is 38.2 Å². The molecule has 27 heavy (non-hydrogen) atoms. The van der Waals surface area contributed by atoms with Crippen LogP contribution < -0.4 is 19.5 Å². The molecular formula is C21H26N2O4. The van der Waals surface area contributed by atoms with Crippen LogP contribution in [0.2, 0.25) is 0 Å². The highest BCUT2D eigenvalue weighted by atomic mass is 16.5. The van der Waals surface area contributed by atoms with Crippen molar-refractivity contribution in [3.05, 3.63) is 47.5 Å². The number of hydrogen-bond acceptors (Lipinski definition) is 5. The van der Waals surface area contributed by atoms with E-state index in [0.29, 0.717) is 22.8 Å². The van der Waals surface area contributed by atoms with Crippen molar-refractivity contribution < 1.29 is 19.0 Å². The molecule has 1 N–H and O–H groups in total. The Morgan fingerprint density at radius 2 is 1.67 bits per heavy atom. The highest BCUT2D eigenvalue weighted by Gasteiger charge is 2.37. The largest absolute Gasteiger partial charge is 0.496 e. The van der Waals surface area contributed by atoms with E-state index in [-0.39, 0.29) is 18.1 Å². The van der Waals surface area contributed by atoms with Crippen LogP contribution in [0.1, 0.15) is 42.4 Å². The number of amides is 1. The summed E-state index contributed by atoms with van der Waals surface area (Å²) in [6.07, 6.45) is 0.457. The van der Waals surface area contributed by atoms with Gasteiger partial charge in [-0.3, -0.25) is 4.79 Å². The molecule has 0 saturated heterocycles. The van der Waals surface area contributed by atoms with Crippen molar-refractivity contribution in [3.8, 4) is 17.2 Å². The zero-order valence-electron chi connectivity index (χ0n) is 16.4. The third-order valence-electron chi connectivity index (χ3n) is 5.06. The highest BCUT2D eigenvalue weighted by Crippen LogP contribution is 2.42. The van der Waals surface area contributed by atoms with E-state index in [9.17, 15) is 4.79 Å². The quantitative estimate of drug-likeness (QED) is 0.830. The maximum atomic E-state index is 13.3. The van der Waals surface area contributed by atoms with E-state index >= 15 is 0 Å². The molecule has 2 atom stereocenters. The number of nitrogens with one attached hydrogen (secondary N) is 1. The monoisotopic (exact) mass is 370 g/mol. The Morgan fingerprint density at radius 3 is 2.30 bits per heavy atom. The molecule has 6 heteroatoms. The van der Waals surface area contributed by atoms with Crippen LogP contribution in [0.5, 0.6) is 17.2 Å². The minimum Gasteiger partial charge on any atom is -0.496 e. The lowest BCUT2D eigenvalue weighted by Crippen LogP contribution is -2.47. The molecule has 0 fully saturated rings. The first-order valence-corrected chi connectivity index (χ1v) is 9.03. The molecule has 1 heterocycles. The summed E-state index contributed by atoms with van der Waals surface area (Å²) in [5.74, 6) is 1.80. The van der Waals surface area contributed by atoms with Crippen LogP contribution in [0.15, 0.2) is 36.4 Å². The lowest BCUT2D eigenvalue weighted by atomic mass is 9.99. The predicted molar refractivity (Wildman–Crippen MR) is 105 cm³/mol. The van der Waals surface area contributed by atoms with Gasteiger partial charge in [0.15, 0.2) is 11.5 Å². The third-order valence-corrected chi connectivity index (χ3v) is 5.06. The first-order valence-electron chi connectivity index (χ1n) is 9.03. The van der Waals surface area contributed by atoms with Gasteiger partial charge in [-0.2, -0.15) is 0 Å². The molecule has 2 aromatic rings. The number of methoxy groups -OCH3 is 3. The van der Waals surface area contributed by atoms with Crippen molar-refractivity contribution in [2.45, 2.75) is 32.5 Å². The number of carbonyl (C=O) groups is 1. The molecule has 1 aliphatic rings. The SMILES string of the molecule is CC[C@H](C)N1C(=O)c2ccccc2N[C@@H]1c1cc(OC)c(OC)cc1OC. The molecule has 0 spiro atoms. The lowest BCUT2D eigenvalue weighted by molar-refractivity contribution is 0.0591. The summed E-state index contributed by atoms with van der Waals surface area (Å²) < 4.78 is 16.5. The van der Waals surface area contributed by atoms with Gasteiger partial charge in [-0.1, -0.05) is 19.1 Å². The number of nitrogens with zero attached hydrogens (tertiary/aromatic N) is 1. The molecule has 0 saturated carbocycles. The average Bonchev–Trinajstić information content (AvgIpc) is 2.72. The van der Waals surface area contributed by atoms with Crippen molar-refractivity contribution in [3.63, 3.8) is 0 Å². The number of ether oxygens (including phenoxy) is 3. The topological polar surface area (TPSA) is 60.0 Å². The van der Waals surface area contributed by atoms with Crippen LogP contribution in [0.25, 0.3) is 0 Å². The summed E-state index contributed by atoms with van der Waals surface area (Å²) in [5.41, 5.74) is 2.30. The van der Waals surface area contributed by atoms with Crippen molar-refractivity contribution in [2.24, 2.45) is 0 Å². The van der Waals surface area contributed by atoms with Gasteiger partial charge < -0.3 is 24.4 Å². The number of fused-ring (bicyclic) bond motifs is 1. The molecule has 3 rings (SSSR count). The fourth-order valence-corrected chi connectivity index (χ4v) is 3.41. The van der Waals surface area contributed by atoms with Crippen LogP contribution in [0.3, 0.4) is 0 Å². The van der Waals surface area contributed by atoms with Gasteiger partial charge in [0.05, 0.1) is 26.9 Å². The molecule has 144 valence electrons. The predicted octanol–water partition coefficient (Wildman–Crippen LogP) is 4.08. The Labute approximate surface area is 160 Å². The summed E-state index contributed by atoms with van der Waals surface area (Å²) in [4.78, 5) is 15.1. The minimum atomic E-state index is -0.378. The van der Waals surface area contributed by atoms with E-state index in [1.807, 2.05) is 42.2 Å². The molecular weight excluding hydrogens is 344 g/mol. The molecule has 0 aliphatic carbocycles. The normalized spacial score (nSPS) is 17.0. The van der Waals surface area contributed by atoms with Gasteiger partial charge in [-0.15, -0.1) is 0 Å². The van der Waals surface area contributed by atoms with Gasteiger partial charge in [-0.25, -0.2) is 0 Å². The first-order chi connectivity index (χ1) is 13.0. The maximum Gasteiger partial charge on any atom is 0.258 e. The second-order valence-corrected chi connectivity index (χ2v) is 6.51. The van der Waals surface area contributed by atoms with Crippen LogP contribution in [0, 0.1) is 0 Å². The first kappa shape index (κ1) is 18.9. The number of hydrogen-bond donors (Lipinski definition) is 1.